The second-order valence-corrected chi connectivity index (χ2v) is 5.78. The van der Waals surface area contributed by atoms with E-state index in [1.807, 2.05) is 58.0 Å². The van der Waals surface area contributed by atoms with E-state index in [0.29, 0.717) is 16.9 Å². The standard InChI is InChI=1S/C18H18N4O/c1-11(2)23-15-7-5-14(6-8-15)17-9-12(3)20-18-16(10-19)13(4)21-22(17)18/h5-9,11H,1-4H3. The Labute approximate surface area is 135 Å². The molecule has 0 fully saturated rings. The predicted molar refractivity (Wildman–Crippen MR) is 88.4 cm³/mol. The largest absolute Gasteiger partial charge is 0.491 e. The molecule has 0 atom stereocenters. The molecule has 0 aliphatic carbocycles. The number of nitriles is 1. The summed E-state index contributed by atoms with van der Waals surface area (Å²) in [5.74, 6) is 0.833. The molecule has 1 aromatic carbocycles. The summed E-state index contributed by atoms with van der Waals surface area (Å²) >= 11 is 0. The Bertz CT molecular complexity index is 901. The van der Waals surface area contributed by atoms with E-state index in [1.165, 1.54) is 0 Å². The molecular formula is C18H18N4O. The molecule has 3 aromatic rings. The van der Waals surface area contributed by atoms with Crippen molar-refractivity contribution in [3.05, 3.63) is 47.3 Å². The fourth-order valence-electron chi connectivity index (χ4n) is 2.56. The van der Waals surface area contributed by atoms with Crippen LogP contribution in [-0.2, 0) is 0 Å². The number of rotatable bonds is 3. The van der Waals surface area contributed by atoms with Crippen LogP contribution in [0.2, 0.25) is 0 Å². The minimum Gasteiger partial charge on any atom is -0.491 e. The molecule has 0 saturated carbocycles. The van der Waals surface area contributed by atoms with Gasteiger partial charge in [-0.3, -0.25) is 0 Å². The van der Waals surface area contributed by atoms with Crippen molar-refractivity contribution in [1.29, 1.82) is 5.26 Å². The quantitative estimate of drug-likeness (QED) is 0.740. The summed E-state index contributed by atoms with van der Waals surface area (Å²) < 4.78 is 7.41. The lowest BCUT2D eigenvalue weighted by atomic mass is 10.1. The zero-order valence-corrected chi connectivity index (χ0v) is 13.7. The Morgan fingerprint density at radius 3 is 2.48 bits per heavy atom. The second-order valence-electron chi connectivity index (χ2n) is 5.78. The summed E-state index contributed by atoms with van der Waals surface area (Å²) in [5.41, 5.74) is 4.58. The molecule has 0 saturated heterocycles. The molecule has 0 radical (unpaired) electrons. The van der Waals surface area contributed by atoms with Gasteiger partial charge in [0.1, 0.15) is 17.4 Å². The highest BCUT2D eigenvalue weighted by molar-refractivity contribution is 5.67. The average molecular weight is 306 g/mol. The van der Waals surface area contributed by atoms with E-state index in [2.05, 4.69) is 16.2 Å². The van der Waals surface area contributed by atoms with Crippen molar-refractivity contribution in [3.63, 3.8) is 0 Å². The van der Waals surface area contributed by atoms with Crippen LogP contribution in [0.1, 0.15) is 30.8 Å². The topological polar surface area (TPSA) is 63.2 Å². The van der Waals surface area contributed by atoms with Crippen LogP contribution in [0, 0.1) is 25.2 Å². The Morgan fingerprint density at radius 1 is 1.17 bits per heavy atom. The van der Waals surface area contributed by atoms with Crippen LogP contribution in [0.4, 0.5) is 0 Å². The highest BCUT2D eigenvalue weighted by Gasteiger charge is 2.15. The number of hydrogen-bond donors (Lipinski definition) is 0. The number of benzene rings is 1. The first kappa shape index (κ1) is 15.0. The van der Waals surface area contributed by atoms with E-state index in [0.717, 1.165) is 22.7 Å². The maximum absolute atomic E-state index is 9.32. The first-order valence-corrected chi connectivity index (χ1v) is 7.53. The van der Waals surface area contributed by atoms with Gasteiger partial charge >= 0.3 is 0 Å². The number of fused-ring (bicyclic) bond motifs is 1. The summed E-state index contributed by atoms with van der Waals surface area (Å²) in [6.45, 7) is 7.74. The molecule has 0 spiro atoms. The zero-order chi connectivity index (χ0) is 16.6. The van der Waals surface area contributed by atoms with Crippen LogP contribution in [-0.4, -0.2) is 20.7 Å². The van der Waals surface area contributed by atoms with E-state index < -0.39 is 0 Å². The first-order valence-electron chi connectivity index (χ1n) is 7.53. The van der Waals surface area contributed by atoms with Crippen molar-refractivity contribution in [1.82, 2.24) is 14.6 Å². The summed E-state index contributed by atoms with van der Waals surface area (Å²) in [7, 11) is 0. The number of nitrogens with zero attached hydrogens (tertiary/aromatic N) is 4. The van der Waals surface area contributed by atoms with E-state index in [-0.39, 0.29) is 6.10 Å². The predicted octanol–water partition coefficient (Wildman–Crippen LogP) is 3.67. The third kappa shape index (κ3) is 2.76. The molecular weight excluding hydrogens is 288 g/mol. The Hall–Kier alpha value is -2.87. The molecule has 5 heteroatoms. The van der Waals surface area contributed by atoms with Crippen LogP contribution in [0.5, 0.6) is 5.75 Å². The minimum absolute atomic E-state index is 0.141. The number of aryl methyl sites for hydroxylation is 2. The second kappa shape index (κ2) is 5.73. The van der Waals surface area contributed by atoms with Crippen LogP contribution in [0.25, 0.3) is 16.9 Å². The highest BCUT2D eigenvalue weighted by atomic mass is 16.5. The zero-order valence-electron chi connectivity index (χ0n) is 13.7. The molecule has 0 N–H and O–H groups in total. The summed E-state index contributed by atoms with van der Waals surface area (Å²) in [4.78, 5) is 4.46. The summed E-state index contributed by atoms with van der Waals surface area (Å²) in [6.07, 6.45) is 0.141. The van der Waals surface area contributed by atoms with Crippen molar-refractivity contribution in [2.45, 2.75) is 33.8 Å². The van der Waals surface area contributed by atoms with Crippen molar-refractivity contribution in [2.75, 3.05) is 0 Å². The third-order valence-corrected chi connectivity index (χ3v) is 3.53. The Balaban J connectivity index is 2.14. The van der Waals surface area contributed by atoms with Crippen LogP contribution >= 0.6 is 0 Å². The molecule has 23 heavy (non-hydrogen) atoms. The van der Waals surface area contributed by atoms with Gasteiger partial charge in [0.15, 0.2) is 5.65 Å². The first-order chi connectivity index (χ1) is 11.0. The SMILES string of the molecule is Cc1cc(-c2ccc(OC(C)C)cc2)n2nc(C)c(C#N)c2n1. The van der Waals surface area contributed by atoms with E-state index >= 15 is 0 Å². The van der Waals surface area contributed by atoms with Crippen molar-refractivity contribution < 1.29 is 4.74 Å². The van der Waals surface area contributed by atoms with E-state index in [9.17, 15) is 5.26 Å². The lowest BCUT2D eigenvalue weighted by Crippen LogP contribution is -2.05. The van der Waals surface area contributed by atoms with Crippen molar-refractivity contribution in [3.8, 4) is 23.1 Å². The molecule has 0 aliphatic heterocycles. The maximum Gasteiger partial charge on any atom is 0.174 e. The normalized spacial score (nSPS) is 11.0. The average Bonchev–Trinajstić information content (AvgIpc) is 2.82. The third-order valence-electron chi connectivity index (χ3n) is 3.53. The van der Waals surface area contributed by atoms with Gasteiger partial charge in [-0.05, 0) is 58.0 Å². The van der Waals surface area contributed by atoms with Gasteiger partial charge in [0.05, 0.1) is 17.5 Å². The molecule has 0 amide bonds. The lowest BCUT2D eigenvalue weighted by molar-refractivity contribution is 0.242. The van der Waals surface area contributed by atoms with Gasteiger partial charge in [-0.1, -0.05) is 0 Å². The Morgan fingerprint density at radius 2 is 1.87 bits per heavy atom. The molecule has 5 nitrogen and oxygen atoms in total. The lowest BCUT2D eigenvalue weighted by Gasteiger charge is -2.11. The monoisotopic (exact) mass is 306 g/mol. The fraction of sp³-hybridized carbons (Fsp3) is 0.278. The molecule has 0 bridgehead atoms. The highest BCUT2D eigenvalue weighted by Crippen LogP contribution is 2.25. The van der Waals surface area contributed by atoms with Gasteiger partial charge in [-0.2, -0.15) is 10.4 Å². The summed E-state index contributed by atoms with van der Waals surface area (Å²) in [6, 6.07) is 12.0. The molecule has 0 aliphatic rings. The van der Waals surface area contributed by atoms with Gasteiger partial charge in [-0.25, -0.2) is 9.50 Å². The Kier molecular flexibility index (Phi) is 3.75. The van der Waals surface area contributed by atoms with Crippen molar-refractivity contribution in [2.24, 2.45) is 0 Å². The van der Waals surface area contributed by atoms with Gasteiger partial charge in [0.2, 0.25) is 0 Å². The van der Waals surface area contributed by atoms with Crippen molar-refractivity contribution >= 4 is 5.65 Å². The maximum atomic E-state index is 9.32. The smallest absolute Gasteiger partial charge is 0.174 e. The molecule has 2 heterocycles. The van der Waals surface area contributed by atoms with Crippen LogP contribution < -0.4 is 4.74 Å². The molecule has 2 aromatic heterocycles. The minimum atomic E-state index is 0.141. The molecule has 116 valence electrons. The number of hydrogen-bond acceptors (Lipinski definition) is 4. The van der Waals surface area contributed by atoms with E-state index in [1.54, 1.807) is 4.52 Å². The van der Waals surface area contributed by atoms with Gasteiger partial charge in [0.25, 0.3) is 0 Å². The fourth-order valence-corrected chi connectivity index (χ4v) is 2.56. The van der Waals surface area contributed by atoms with Crippen LogP contribution in [0.3, 0.4) is 0 Å². The molecule has 3 rings (SSSR count). The van der Waals surface area contributed by atoms with E-state index in [4.69, 9.17) is 4.74 Å². The van der Waals surface area contributed by atoms with Crippen LogP contribution in [0.15, 0.2) is 30.3 Å². The number of aromatic nitrogens is 3. The summed E-state index contributed by atoms with van der Waals surface area (Å²) in [5, 5.41) is 13.8. The molecule has 0 unspecified atom stereocenters. The van der Waals surface area contributed by atoms with Gasteiger partial charge in [0, 0.05) is 11.3 Å². The number of ether oxygens (including phenoxy) is 1. The van der Waals surface area contributed by atoms with Gasteiger partial charge in [-0.15, -0.1) is 0 Å². The van der Waals surface area contributed by atoms with Gasteiger partial charge < -0.3 is 4.74 Å².